The van der Waals surface area contributed by atoms with Crippen molar-refractivity contribution in [2.45, 2.75) is 13.1 Å². The average Bonchev–Trinajstić information content (AvgIpc) is 2.14. The Morgan fingerprint density at radius 3 is 2.38 bits per heavy atom. The van der Waals surface area contributed by atoms with Crippen LogP contribution in [-0.4, -0.2) is 11.1 Å². The van der Waals surface area contributed by atoms with Crippen LogP contribution in [0.4, 0.5) is 13.2 Å². The minimum Gasteiger partial charge on any atom is -0.478 e. The summed E-state index contributed by atoms with van der Waals surface area (Å²) in [5.74, 6) is -1.70. The van der Waals surface area contributed by atoms with Gasteiger partial charge in [0, 0.05) is 0 Å². The highest BCUT2D eigenvalue weighted by atomic mass is 19.4. The van der Waals surface area contributed by atoms with Crippen LogP contribution in [0.5, 0.6) is 0 Å². The molecule has 16 heavy (non-hydrogen) atoms. The quantitative estimate of drug-likeness (QED) is 0.804. The number of aromatic carboxylic acids is 1. The summed E-state index contributed by atoms with van der Waals surface area (Å²) in [5.41, 5.74) is -2.49. The van der Waals surface area contributed by atoms with Gasteiger partial charge in [-0.25, -0.2) is 4.79 Å². The average molecular weight is 229 g/mol. The van der Waals surface area contributed by atoms with Crippen LogP contribution in [0.25, 0.3) is 0 Å². The van der Waals surface area contributed by atoms with Gasteiger partial charge in [-0.15, -0.1) is 0 Å². The van der Waals surface area contributed by atoms with E-state index in [4.69, 9.17) is 10.4 Å². The lowest BCUT2D eigenvalue weighted by Gasteiger charge is -2.13. The van der Waals surface area contributed by atoms with Crippen LogP contribution in [0, 0.1) is 18.3 Å². The molecule has 0 aliphatic heterocycles. The largest absolute Gasteiger partial charge is 0.478 e. The van der Waals surface area contributed by atoms with Crippen molar-refractivity contribution < 1.29 is 23.1 Å². The highest BCUT2D eigenvalue weighted by Crippen LogP contribution is 2.35. The molecule has 0 aliphatic rings. The molecule has 0 unspecified atom stereocenters. The Hall–Kier alpha value is -2.03. The van der Waals surface area contributed by atoms with Gasteiger partial charge < -0.3 is 5.11 Å². The number of alkyl halides is 3. The van der Waals surface area contributed by atoms with Crippen LogP contribution in [0.3, 0.4) is 0 Å². The molecule has 1 rings (SSSR count). The monoisotopic (exact) mass is 229 g/mol. The maximum absolute atomic E-state index is 12.6. The van der Waals surface area contributed by atoms with E-state index in [0.29, 0.717) is 0 Å². The summed E-state index contributed by atoms with van der Waals surface area (Å²) in [4.78, 5) is 10.7. The molecule has 0 amide bonds. The van der Waals surface area contributed by atoms with Crippen LogP contribution in [-0.2, 0) is 6.18 Å². The molecule has 0 fully saturated rings. The van der Waals surface area contributed by atoms with Gasteiger partial charge in [0.15, 0.2) is 0 Å². The Labute approximate surface area is 88.7 Å². The summed E-state index contributed by atoms with van der Waals surface area (Å²) in [6.45, 7) is 1.12. The van der Waals surface area contributed by atoms with Crippen molar-refractivity contribution >= 4 is 5.97 Å². The lowest BCUT2D eigenvalue weighted by atomic mass is 9.98. The Balaban J connectivity index is 3.61. The number of benzene rings is 1. The molecule has 0 radical (unpaired) electrons. The topological polar surface area (TPSA) is 61.1 Å². The molecule has 0 aliphatic carbocycles. The van der Waals surface area contributed by atoms with Crippen LogP contribution in [0.15, 0.2) is 12.1 Å². The first kappa shape index (κ1) is 12.0. The summed E-state index contributed by atoms with van der Waals surface area (Å²) in [7, 11) is 0. The Bertz CT molecular complexity index is 486. The predicted molar refractivity (Wildman–Crippen MR) is 47.9 cm³/mol. The first-order valence-corrected chi connectivity index (χ1v) is 4.12. The van der Waals surface area contributed by atoms with E-state index < -0.39 is 23.3 Å². The maximum Gasteiger partial charge on any atom is 0.417 e. The summed E-state index contributed by atoms with van der Waals surface area (Å²) in [6.07, 6.45) is -4.74. The number of carboxylic acids is 1. The minimum atomic E-state index is -4.74. The molecule has 3 nitrogen and oxygen atoms in total. The van der Waals surface area contributed by atoms with Gasteiger partial charge in [-0.1, -0.05) is 0 Å². The fourth-order valence-corrected chi connectivity index (χ4v) is 1.40. The third-order valence-electron chi connectivity index (χ3n) is 1.98. The second-order valence-corrected chi connectivity index (χ2v) is 3.13. The summed E-state index contributed by atoms with van der Waals surface area (Å²) >= 11 is 0. The Morgan fingerprint density at radius 2 is 2.00 bits per heavy atom. The molecule has 0 atom stereocenters. The van der Waals surface area contributed by atoms with E-state index in [9.17, 15) is 18.0 Å². The number of aryl methyl sites for hydroxylation is 1. The fourth-order valence-electron chi connectivity index (χ4n) is 1.40. The zero-order valence-corrected chi connectivity index (χ0v) is 8.09. The van der Waals surface area contributed by atoms with E-state index in [2.05, 4.69) is 0 Å². The van der Waals surface area contributed by atoms with Crippen molar-refractivity contribution in [1.29, 1.82) is 5.26 Å². The number of halogens is 3. The normalized spacial score (nSPS) is 10.9. The lowest BCUT2D eigenvalue weighted by Crippen LogP contribution is -2.15. The van der Waals surface area contributed by atoms with Crippen molar-refractivity contribution in [3.63, 3.8) is 0 Å². The molecular formula is C10H6F3NO2. The van der Waals surface area contributed by atoms with Crippen molar-refractivity contribution in [2.24, 2.45) is 0 Å². The Morgan fingerprint density at radius 1 is 1.44 bits per heavy atom. The van der Waals surface area contributed by atoms with E-state index in [0.717, 1.165) is 19.1 Å². The number of nitrogens with zero attached hydrogens (tertiary/aromatic N) is 1. The number of rotatable bonds is 1. The highest BCUT2D eigenvalue weighted by molar-refractivity contribution is 5.90. The summed E-state index contributed by atoms with van der Waals surface area (Å²) in [6, 6.07) is 3.34. The van der Waals surface area contributed by atoms with Crippen molar-refractivity contribution in [1.82, 2.24) is 0 Å². The molecule has 0 spiro atoms. The van der Waals surface area contributed by atoms with Gasteiger partial charge in [-0.05, 0) is 24.6 Å². The van der Waals surface area contributed by atoms with Gasteiger partial charge in [-0.3, -0.25) is 0 Å². The second-order valence-electron chi connectivity index (χ2n) is 3.13. The number of hydrogen-bond donors (Lipinski definition) is 1. The molecule has 84 valence electrons. The highest BCUT2D eigenvalue weighted by Gasteiger charge is 2.37. The first-order chi connectivity index (χ1) is 7.27. The number of carbonyl (C=O) groups is 1. The summed E-state index contributed by atoms with van der Waals surface area (Å²) in [5, 5.41) is 17.2. The van der Waals surface area contributed by atoms with Gasteiger partial charge >= 0.3 is 12.1 Å². The zero-order valence-electron chi connectivity index (χ0n) is 8.09. The standard InChI is InChI=1S/C10H6F3NO2/c1-5-2-6(4-14)3-7(9(15)16)8(5)10(11,12)13/h2-3H,1H3,(H,15,16). The van der Waals surface area contributed by atoms with Gasteiger partial charge in [0.2, 0.25) is 0 Å². The third-order valence-corrected chi connectivity index (χ3v) is 1.98. The molecule has 0 heterocycles. The number of nitriles is 1. The SMILES string of the molecule is Cc1cc(C#N)cc(C(=O)O)c1C(F)(F)F. The van der Waals surface area contributed by atoms with Gasteiger partial charge in [0.05, 0.1) is 22.8 Å². The van der Waals surface area contributed by atoms with Gasteiger partial charge in [-0.2, -0.15) is 18.4 Å². The first-order valence-electron chi connectivity index (χ1n) is 4.12. The molecule has 1 N–H and O–H groups in total. The van der Waals surface area contributed by atoms with E-state index in [1.807, 2.05) is 0 Å². The third kappa shape index (κ3) is 2.14. The molecule has 0 bridgehead atoms. The molecule has 0 aromatic heterocycles. The summed E-state index contributed by atoms with van der Waals surface area (Å²) < 4.78 is 37.7. The molecule has 0 saturated carbocycles. The molecule has 1 aromatic rings. The van der Waals surface area contributed by atoms with E-state index >= 15 is 0 Å². The van der Waals surface area contributed by atoms with E-state index in [1.165, 1.54) is 0 Å². The molecule has 1 aromatic carbocycles. The van der Waals surface area contributed by atoms with E-state index in [-0.39, 0.29) is 11.1 Å². The number of carboxylic acid groups (broad SMARTS) is 1. The Kier molecular flexibility index (Phi) is 2.90. The molecule has 6 heteroatoms. The van der Waals surface area contributed by atoms with Crippen LogP contribution in [0.1, 0.15) is 27.0 Å². The van der Waals surface area contributed by atoms with Crippen LogP contribution < -0.4 is 0 Å². The zero-order chi connectivity index (χ0) is 12.5. The number of hydrogen-bond acceptors (Lipinski definition) is 2. The maximum atomic E-state index is 12.6. The lowest BCUT2D eigenvalue weighted by molar-refractivity contribution is -0.138. The van der Waals surface area contributed by atoms with Crippen LogP contribution >= 0.6 is 0 Å². The fraction of sp³-hybridized carbons (Fsp3) is 0.200. The van der Waals surface area contributed by atoms with E-state index in [1.54, 1.807) is 6.07 Å². The van der Waals surface area contributed by atoms with Crippen molar-refractivity contribution in [3.8, 4) is 6.07 Å². The van der Waals surface area contributed by atoms with Crippen molar-refractivity contribution in [2.75, 3.05) is 0 Å². The molecular weight excluding hydrogens is 223 g/mol. The van der Waals surface area contributed by atoms with Crippen LogP contribution in [0.2, 0.25) is 0 Å². The smallest absolute Gasteiger partial charge is 0.417 e. The van der Waals surface area contributed by atoms with Gasteiger partial charge in [0.1, 0.15) is 0 Å². The minimum absolute atomic E-state index is 0.108. The second kappa shape index (κ2) is 3.85. The molecule has 0 saturated heterocycles. The predicted octanol–water partition coefficient (Wildman–Crippen LogP) is 2.58. The van der Waals surface area contributed by atoms with Gasteiger partial charge in [0.25, 0.3) is 0 Å². The van der Waals surface area contributed by atoms with Crippen molar-refractivity contribution in [3.05, 3.63) is 34.4 Å².